The van der Waals surface area contributed by atoms with E-state index in [1.807, 2.05) is 42.6 Å². The molecule has 0 fully saturated rings. The van der Waals surface area contributed by atoms with Crippen LogP contribution in [-0.2, 0) is 16.8 Å². The molecule has 3 nitrogen and oxygen atoms in total. The Labute approximate surface area is 130 Å². The van der Waals surface area contributed by atoms with E-state index in [9.17, 15) is 4.79 Å². The molecule has 3 rings (SSSR count). The van der Waals surface area contributed by atoms with Crippen LogP contribution in [0.25, 0.3) is 6.08 Å². The first-order chi connectivity index (χ1) is 10.7. The van der Waals surface area contributed by atoms with Crippen molar-refractivity contribution < 1.29 is 9.90 Å². The Morgan fingerprint density at radius 2 is 1.91 bits per heavy atom. The number of nitrogens with one attached hydrogen (secondary N) is 1. The zero-order chi connectivity index (χ0) is 15.6. The van der Waals surface area contributed by atoms with Gasteiger partial charge in [-0.25, -0.2) is 0 Å². The predicted molar refractivity (Wildman–Crippen MR) is 87.5 cm³/mol. The molecular weight excluding hydrogens is 274 g/mol. The highest BCUT2D eigenvalue weighted by Gasteiger charge is 2.35. The lowest BCUT2D eigenvalue weighted by Gasteiger charge is -2.39. The summed E-state index contributed by atoms with van der Waals surface area (Å²) in [6.45, 7) is 2.15. The molecule has 0 spiro atoms. The van der Waals surface area contributed by atoms with Gasteiger partial charge >= 0.3 is 5.97 Å². The molecule has 3 heteroatoms. The molecule has 112 valence electrons. The number of rotatable bonds is 4. The first-order valence-corrected chi connectivity index (χ1v) is 7.51. The van der Waals surface area contributed by atoms with Crippen LogP contribution in [0.5, 0.6) is 0 Å². The second-order valence-corrected chi connectivity index (χ2v) is 5.55. The number of carboxylic acid groups (broad SMARTS) is 1. The van der Waals surface area contributed by atoms with E-state index in [4.69, 9.17) is 5.11 Å². The summed E-state index contributed by atoms with van der Waals surface area (Å²) in [5.74, 6) is -0.804. The Morgan fingerprint density at radius 1 is 1.14 bits per heavy atom. The van der Waals surface area contributed by atoms with Gasteiger partial charge in [0.05, 0.1) is 12.0 Å². The van der Waals surface area contributed by atoms with Crippen LogP contribution < -0.4 is 5.32 Å². The molecule has 1 unspecified atom stereocenters. The number of carbonyl (C=O) groups is 1. The Morgan fingerprint density at radius 3 is 2.59 bits per heavy atom. The molecule has 2 aromatic carbocycles. The highest BCUT2D eigenvalue weighted by atomic mass is 16.4. The summed E-state index contributed by atoms with van der Waals surface area (Å²) >= 11 is 0. The van der Waals surface area contributed by atoms with E-state index < -0.39 is 5.97 Å². The Bertz CT molecular complexity index is 721. The maximum absolute atomic E-state index is 11.1. The maximum Gasteiger partial charge on any atom is 0.307 e. The topological polar surface area (TPSA) is 49.3 Å². The predicted octanol–water partition coefficient (Wildman–Crippen LogP) is 3.54. The van der Waals surface area contributed by atoms with Gasteiger partial charge in [-0.1, -0.05) is 55.5 Å². The summed E-state index contributed by atoms with van der Waals surface area (Å²) in [7, 11) is 0. The van der Waals surface area contributed by atoms with Crippen molar-refractivity contribution in [3.05, 3.63) is 77.0 Å². The fraction of sp³-hybridized carbons (Fsp3) is 0.211. The molecule has 1 aliphatic heterocycles. The van der Waals surface area contributed by atoms with E-state index in [1.165, 1.54) is 5.56 Å². The molecule has 0 radical (unpaired) electrons. The van der Waals surface area contributed by atoms with E-state index in [2.05, 4.69) is 30.4 Å². The normalized spacial score (nSPS) is 19.3. The van der Waals surface area contributed by atoms with Crippen LogP contribution in [-0.4, -0.2) is 11.1 Å². The molecule has 0 aromatic heterocycles. The minimum Gasteiger partial charge on any atom is -0.481 e. The van der Waals surface area contributed by atoms with Crippen molar-refractivity contribution >= 4 is 12.0 Å². The molecule has 22 heavy (non-hydrogen) atoms. The van der Waals surface area contributed by atoms with Crippen LogP contribution in [0, 0.1) is 0 Å². The van der Waals surface area contributed by atoms with E-state index in [-0.39, 0.29) is 12.0 Å². The van der Waals surface area contributed by atoms with Crippen molar-refractivity contribution in [3.63, 3.8) is 0 Å². The third kappa shape index (κ3) is 2.29. The van der Waals surface area contributed by atoms with Crippen LogP contribution in [0.3, 0.4) is 0 Å². The number of benzene rings is 2. The van der Waals surface area contributed by atoms with E-state index in [1.54, 1.807) is 0 Å². The highest BCUT2D eigenvalue weighted by molar-refractivity contribution is 5.74. The third-order valence-electron chi connectivity index (χ3n) is 4.37. The maximum atomic E-state index is 11.1. The Balaban J connectivity index is 2.19. The molecule has 1 aliphatic rings. The van der Waals surface area contributed by atoms with Gasteiger partial charge in [0.2, 0.25) is 0 Å². The van der Waals surface area contributed by atoms with Crippen molar-refractivity contribution in [2.24, 2.45) is 0 Å². The van der Waals surface area contributed by atoms with Crippen molar-refractivity contribution in [2.45, 2.75) is 25.3 Å². The minimum absolute atomic E-state index is 0.0437. The summed E-state index contributed by atoms with van der Waals surface area (Å²) in [5.41, 5.74) is 3.91. The second kappa shape index (κ2) is 5.68. The molecule has 0 aliphatic carbocycles. The quantitative estimate of drug-likeness (QED) is 0.906. The smallest absolute Gasteiger partial charge is 0.307 e. The molecule has 1 atom stereocenters. The number of hydrogen-bond acceptors (Lipinski definition) is 2. The number of carboxylic acids is 1. The summed E-state index contributed by atoms with van der Waals surface area (Å²) in [4.78, 5) is 11.1. The lowest BCUT2D eigenvalue weighted by molar-refractivity contribution is -0.136. The summed E-state index contributed by atoms with van der Waals surface area (Å²) in [6, 6.07) is 16.2. The van der Waals surface area contributed by atoms with Gasteiger partial charge in [-0.2, -0.15) is 0 Å². The van der Waals surface area contributed by atoms with Crippen LogP contribution in [0.4, 0.5) is 0 Å². The Kier molecular flexibility index (Phi) is 3.72. The molecule has 0 saturated heterocycles. The van der Waals surface area contributed by atoms with Crippen LogP contribution in [0.2, 0.25) is 0 Å². The molecule has 2 N–H and O–H groups in total. The summed E-state index contributed by atoms with van der Waals surface area (Å²) in [6.07, 6.45) is 4.83. The molecular formula is C19H19NO2. The van der Waals surface area contributed by atoms with E-state index >= 15 is 0 Å². The standard InChI is InChI=1S/C19H19NO2/c1-2-19(15-8-4-3-5-9-15)17-10-6-7-14(13-18(21)22)16(17)11-12-20-19/h3-12,20H,2,13H2,1H3,(H,21,22). The molecule has 2 aromatic rings. The van der Waals surface area contributed by atoms with Gasteiger partial charge in [-0.15, -0.1) is 0 Å². The summed E-state index contributed by atoms with van der Waals surface area (Å²) < 4.78 is 0. The average molecular weight is 293 g/mol. The van der Waals surface area contributed by atoms with Crippen molar-refractivity contribution in [3.8, 4) is 0 Å². The van der Waals surface area contributed by atoms with Gasteiger partial charge in [0, 0.05) is 0 Å². The van der Waals surface area contributed by atoms with Gasteiger partial charge in [0.1, 0.15) is 0 Å². The van der Waals surface area contributed by atoms with Crippen molar-refractivity contribution in [2.75, 3.05) is 0 Å². The van der Waals surface area contributed by atoms with Crippen molar-refractivity contribution in [1.82, 2.24) is 5.32 Å². The first-order valence-electron chi connectivity index (χ1n) is 7.51. The van der Waals surface area contributed by atoms with Crippen molar-refractivity contribution in [1.29, 1.82) is 0 Å². The number of aliphatic carboxylic acids is 1. The average Bonchev–Trinajstić information content (AvgIpc) is 2.55. The van der Waals surface area contributed by atoms with Crippen LogP contribution in [0.1, 0.15) is 35.6 Å². The third-order valence-corrected chi connectivity index (χ3v) is 4.37. The molecule has 0 saturated carbocycles. The monoisotopic (exact) mass is 293 g/mol. The van der Waals surface area contributed by atoms with E-state index in [0.717, 1.165) is 23.1 Å². The van der Waals surface area contributed by atoms with Gasteiger partial charge in [0.15, 0.2) is 0 Å². The minimum atomic E-state index is -0.804. The molecule has 0 amide bonds. The Hall–Kier alpha value is -2.55. The number of fused-ring (bicyclic) bond motifs is 1. The SMILES string of the molecule is CCC1(c2ccccc2)NC=Cc2c(CC(=O)O)cccc21. The van der Waals surface area contributed by atoms with Gasteiger partial charge < -0.3 is 10.4 Å². The second-order valence-electron chi connectivity index (χ2n) is 5.55. The fourth-order valence-corrected chi connectivity index (χ4v) is 3.30. The fourth-order valence-electron chi connectivity index (χ4n) is 3.30. The molecule has 1 heterocycles. The zero-order valence-corrected chi connectivity index (χ0v) is 12.5. The van der Waals surface area contributed by atoms with Crippen LogP contribution >= 0.6 is 0 Å². The van der Waals surface area contributed by atoms with Gasteiger partial charge in [-0.3, -0.25) is 4.79 Å². The van der Waals surface area contributed by atoms with Gasteiger partial charge in [0.25, 0.3) is 0 Å². The summed E-state index contributed by atoms with van der Waals surface area (Å²) in [5, 5.41) is 12.6. The van der Waals surface area contributed by atoms with E-state index in [0.29, 0.717) is 0 Å². The first kappa shape index (κ1) is 14.4. The molecule has 0 bridgehead atoms. The zero-order valence-electron chi connectivity index (χ0n) is 12.5. The largest absolute Gasteiger partial charge is 0.481 e. The highest BCUT2D eigenvalue weighted by Crippen LogP contribution is 2.39. The van der Waals surface area contributed by atoms with Crippen LogP contribution in [0.15, 0.2) is 54.7 Å². The lowest BCUT2D eigenvalue weighted by atomic mass is 9.76. The lowest BCUT2D eigenvalue weighted by Crippen LogP contribution is -2.42. The number of hydrogen-bond donors (Lipinski definition) is 2. The van der Waals surface area contributed by atoms with Gasteiger partial charge in [-0.05, 0) is 41.0 Å².